The molecule has 2 rings (SSSR count). The van der Waals surface area contributed by atoms with Crippen LogP contribution in [0.4, 0.5) is 0 Å². The lowest BCUT2D eigenvalue weighted by molar-refractivity contribution is -0.157. The van der Waals surface area contributed by atoms with Crippen LogP contribution in [0.2, 0.25) is 0 Å². The lowest BCUT2D eigenvalue weighted by Crippen LogP contribution is -2.48. The Morgan fingerprint density at radius 3 is 2.53 bits per heavy atom. The van der Waals surface area contributed by atoms with E-state index < -0.39 is 18.1 Å². The summed E-state index contributed by atoms with van der Waals surface area (Å²) in [6, 6.07) is 0. The van der Waals surface area contributed by atoms with Crippen LogP contribution in [-0.2, 0) is 14.3 Å². The average Bonchev–Trinajstić information content (AvgIpc) is 2.33. The Bertz CT molecular complexity index is 354. The average molecular weight is 270 g/mol. The molecule has 1 heterocycles. The van der Waals surface area contributed by atoms with Crippen molar-refractivity contribution in [3.8, 4) is 0 Å². The third-order valence-electron chi connectivity index (χ3n) is 4.28. The first-order chi connectivity index (χ1) is 8.99. The molecular weight excluding hydrogens is 248 g/mol. The lowest BCUT2D eigenvalue weighted by atomic mass is 9.71. The molecular formula is C14H22O5. The van der Waals surface area contributed by atoms with Crippen molar-refractivity contribution < 1.29 is 24.5 Å². The molecule has 5 atom stereocenters. The molecule has 0 bridgehead atoms. The molecule has 0 radical (unpaired) electrons. The molecule has 0 unspecified atom stereocenters. The first-order valence-corrected chi connectivity index (χ1v) is 7.07. The highest BCUT2D eigenvalue weighted by Gasteiger charge is 2.43. The number of carbonyl (C=O) groups excluding carboxylic acids is 2. The summed E-state index contributed by atoms with van der Waals surface area (Å²) < 4.78 is 5.25. The van der Waals surface area contributed by atoms with Crippen molar-refractivity contribution in [3.05, 3.63) is 0 Å². The van der Waals surface area contributed by atoms with E-state index in [4.69, 9.17) is 4.74 Å². The summed E-state index contributed by atoms with van der Waals surface area (Å²) in [5.74, 6) is -1.25. The second-order valence-corrected chi connectivity index (χ2v) is 5.79. The number of fused-ring (bicyclic) bond motifs is 1. The maximum atomic E-state index is 12.0. The monoisotopic (exact) mass is 270 g/mol. The molecule has 2 N–H and O–H groups in total. The van der Waals surface area contributed by atoms with Crippen LogP contribution in [0.15, 0.2) is 0 Å². The molecule has 2 fully saturated rings. The third kappa shape index (κ3) is 3.34. The molecule has 0 aromatic carbocycles. The highest BCUT2D eigenvalue weighted by atomic mass is 16.5. The van der Waals surface area contributed by atoms with Crippen LogP contribution >= 0.6 is 0 Å². The topological polar surface area (TPSA) is 83.8 Å². The minimum atomic E-state index is -1.05. The molecule has 1 saturated heterocycles. The molecule has 5 heteroatoms. The van der Waals surface area contributed by atoms with Gasteiger partial charge in [-0.3, -0.25) is 9.59 Å². The molecule has 1 saturated carbocycles. The second kappa shape index (κ2) is 6.01. The van der Waals surface area contributed by atoms with Crippen molar-refractivity contribution in [3.63, 3.8) is 0 Å². The zero-order valence-electron chi connectivity index (χ0n) is 11.2. The Balaban J connectivity index is 2.15. The van der Waals surface area contributed by atoms with Gasteiger partial charge in [-0.2, -0.15) is 0 Å². The van der Waals surface area contributed by atoms with Gasteiger partial charge in [0.15, 0.2) is 0 Å². The van der Waals surface area contributed by atoms with Gasteiger partial charge in [0, 0.05) is 18.3 Å². The fraction of sp³-hybridized carbons (Fsp3) is 0.857. The van der Waals surface area contributed by atoms with E-state index in [0.29, 0.717) is 6.42 Å². The highest BCUT2D eigenvalue weighted by molar-refractivity contribution is 5.84. The quantitative estimate of drug-likeness (QED) is 0.636. The molecule has 0 aromatic heterocycles. The Morgan fingerprint density at radius 1 is 1.11 bits per heavy atom. The first kappa shape index (κ1) is 14.5. The van der Waals surface area contributed by atoms with Crippen LogP contribution in [0, 0.1) is 11.8 Å². The van der Waals surface area contributed by atoms with Gasteiger partial charge in [-0.1, -0.05) is 6.42 Å². The highest BCUT2D eigenvalue weighted by Crippen LogP contribution is 2.35. The number of cyclic esters (lactones) is 1. The first-order valence-electron chi connectivity index (χ1n) is 7.07. The summed E-state index contributed by atoms with van der Waals surface area (Å²) in [5.41, 5.74) is 0. The minimum Gasteiger partial charge on any atom is -0.463 e. The molecule has 5 nitrogen and oxygen atoms in total. The smallest absolute Gasteiger partial charge is 0.306 e. The van der Waals surface area contributed by atoms with Gasteiger partial charge in [-0.05, 0) is 26.2 Å². The number of aliphatic hydroxyl groups excluding tert-OH is 2. The van der Waals surface area contributed by atoms with E-state index >= 15 is 0 Å². The maximum Gasteiger partial charge on any atom is 0.306 e. The summed E-state index contributed by atoms with van der Waals surface area (Å²) in [6.45, 7) is 1.86. The van der Waals surface area contributed by atoms with Crippen molar-refractivity contribution in [1.82, 2.24) is 0 Å². The van der Waals surface area contributed by atoms with E-state index in [0.717, 1.165) is 19.3 Å². The zero-order chi connectivity index (χ0) is 14.0. The summed E-state index contributed by atoms with van der Waals surface area (Å²) >= 11 is 0. The van der Waals surface area contributed by atoms with Gasteiger partial charge in [-0.15, -0.1) is 0 Å². The lowest BCUT2D eigenvalue weighted by Gasteiger charge is -2.37. The van der Waals surface area contributed by atoms with Crippen molar-refractivity contribution in [2.75, 3.05) is 0 Å². The molecule has 1 aliphatic carbocycles. The van der Waals surface area contributed by atoms with Gasteiger partial charge in [-0.25, -0.2) is 0 Å². The van der Waals surface area contributed by atoms with Gasteiger partial charge < -0.3 is 14.9 Å². The van der Waals surface area contributed by atoms with Crippen molar-refractivity contribution in [1.29, 1.82) is 0 Å². The predicted octanol–water partition coefficient (Wildman–Crippen LogP) is 0.809. The Hall–Kier alpha value is -0.940. The second-order valence-electron chi connectivity index (χ2n) is 5.79. The van der Waals surface area contributed by atoms with E-state index in [2.05, 4.69) is 0 Å². The van der Waals surface area contributed by atoms with Crippen molar-refractivity contribution >= 4 is 11.8 Å². The molecule has 2 aliphatic rings. The van der Waals surface area contributed by atoms with Gasteiger partial charge in [0.05, 0.1) is 24.7 Å². The number of esters is 1. The van der Waals surface area contributed by atoms with Gasteiger partial charge in [0.2, 0.25) is 0 Å². The molecule has 0 amide bonds. The predicted molar refractivity (Wildman–Crippen MR) is 67.3 cm³/mol. The number of ketones is 1. The van der Waals surface area contributed by atoms with Crippen molar-refractivity contribution in [2.45, 2.75) is 63.8 Å². The van der Waals surface area contributed by atoms with E-state index in [1.165, 1.54) is 0 Å². The van der Waals surface area contributed by atoms with Gasteiger partial charge in [0.25, 0.3) is 0 Å². The molecule has 19 heavy (non-hydrogen) atoms. The summed E-state index contributed by atoms with van der Waals surface area (Å²) in [6.07, 6.45) is 1.11. The van der Waals surface area contributed by atoms with Crippen LogP contribution in [0.5, 0.6) is 0 Å². The number of hydrogen-bond donors (Lipinski definition) is 2. The van der Waals surface area contributed by atoms with E-state index in [-0.39, 0.29) is 36.6 Å². The van der Waals surface area contributed by atoms with E-state index in [9.17, 15) is 19.8 Å². The van der Waals surface area contributed by atoms with E-state index in [1.54, 1.807) is 0 Å². The van der Waals surface area contributed by atoms with Gasteiger partial charge in [0.1, 0.15) is 5.78 Å². The SMILES string of the molecule is C[C@H]1CCCC[C@H]2C(=O)C[C@H](O)[C@H](O)[C@@H]2CC(=O)O1. The molecule has 1 aliphatic heterocycles. The van der Waals surface area contributed by atoms with Crippen LogP contribution in [0.25, 0.3) is 0 Å². The Labute approximate surface area is 112 Å². The fourth-order valence-corrected chi connectivity index (χ4v) is 3.20. The number of rotatable bonds is 0. The normalized spacial score (nSPS) is 41.3. The third-order valence-corrected chi connectivity index (χ3v) is 4.28. The molecule has 108 valence electrons. The Kier molecular flexibility index (Phi) is 4.58. The van der Waals surface area contributed by atoms with Crippen LogP contribution in [0.3, 0.4) is 0 Å². The zero-order valence-corrected chi connectivity index (χ0v) is 11.2. The fourth-order valence-electron chi connectivity index (χ4n) is 3.20. The van der Waals surface area contributed by atoms with Crippen LogP contribution in [-0.4, -0.2) is 40.3 Å². The summed E-state index contributed by atoms with van der Waals surface area (Å²) in [5, 5.41) is 19.7. The van der Waals surface area contributed by atoms with Crippen LogP contribution in [0.1, 0.15) is 45.4 Å². The number of Topliss-reactive ketones (excluding diaryl/α,β-unsaturated/α-hetero) is 1. The number of ether oxygens (including phenoxy) is 1. The maximum absolute atomic E-state index is 12.0. The molecule has 0 aromatic rings. The Morgan fingerprint density at radius 2 is 1.79 bits per heavy atom. The van der Waals surface area contributed by atoms with Crippen LogP contribution < -0.4 is 0 Å². The number of carbonyl (C=O) groups is 2. The number of hydrogen-bond acceptors (Lipinski definition) is 5. The largest absolute Gasteiger partial charge is 0.463 e. The number of aliphatic hydroxyl groups is 2. The minimum absolute atomic E-state index is 0.00617. The van der Waals surface area contributed by atoms with Gasteiger partial charge >= 0.3 is 5.97 Å². The molecule has 0 spiro atoms. The standard InChI is InChI=1S/C14H22O5/c1-8-4-2-3-5-9-10(6-13(17)19-8)14(18)12(16)7-11(9)15/h8-10,12,14,16,18H,2-7H2,1H3/t8-,9+,10+,12-,14+/m0/s1. The summed E-state index contributed by atoms with van der Waals surface area (Å²) in [7, 11) is 0. The summed E-state index contributed by atoms with van der Waals surface area (Å²) in [4.78, 5) is 23.8. The van der Waals surface area contributed by atoms with E-state index in [1.807, 2.05) is 6.92 Å². The van der Waals surface area contributed by atoms with Crippen molar-refractivity contribution in [2.24, 2.45) is 11.8 Å².